The Bertz CT molecular complexity index is 1150. The van der Waals surface area contributed by atoms with Crippen LogP contribution in [-0.2, 0) is 16.0 Å². The molecule has 0 aromatic heterocycles. The van der Waals surface area contributed by atoms with Gasteiger partial charge in [-0.15, -0.1) is 0 Å². The predicted molar refractivity (Wildman–Crippen MR) is 132 cm³/mol. The highest BCUT2D eigenvalue weighted by molar-refractivity contribution is 6.22. The number of nitrogens with zero attached hydrogens (tertiary/aromatic N) is 3. The molecular formula is C26H31N3O6. The lowest BCUT2D eigenvalue weighted by molar-refractivity contribution is -0.384. The average Bonchev–Trinajstić information content (AvgIpc) is 3.10. The highest BCUT2D eigenvalue weighted by Gasteiger charge is 2.50. The van der Waals surface area contributed by atoms with E-state index in [4.69, 9.17) is 9.47 Å². The van der Waals surface area contributed by atoms with Crippen LogP contribution in [0.3, 0.4) is 0 Å². The first-order chi connectivity index (χ1) is 16.7. The summed E-state index contributed by atoms with van der Waals surface area (Å²) in [6.45, 7) is 2.60. The quantitative estimate of drug-likeness (QED) is 0.316. The number of likely N-dealkylation sites (N-methyl/N-ethyl adjacent to an activating group) is 1. The maximum Gasteiger partial charge on any atom is 0.294 e. The molecule has 0 unspecified atom stereocenters. The van der Waals surface area contributed by atoms with Crippen LogP contribution in [-0.4, -0.2) is 44.5 Å². The van der Waals surface area contributed by atoms with Gasteiger partial charge < -0.3 is 14.4 Å². The summed E-state index contributed by atoms with van der Waals surface area (Å²) in [5.74, 6) is 0.528. The van der Waals surface area contributed by atoms with Gasteiger partial charge in [-0.25, -0.2) is 4.90 Å². The van der Waals surface area contributed by atoms with Crippen LogP contribution in [0.25, 0.3) is 0 Å². The Hall–Kier alpha value is -3.62. The first kappa shape index (κ1) is 24.5. The first-order valence-corrected chi connectivity index (χ1v) is 11.8. The molecule has 4 rings (SSSR count). The molecule has 2 fully saturated rings. The number of fused-ring (bicyclic) bond motifs is 1. The molecule has 0 bridgehead atoms. The molecule has 1 aliphatic heterocycles. The number of carbonyl (C=O) groups is 2. The van der Waals surface area contributed by atoms with Crippen LogP contribution in [0.2, 0.25) is 0 Å². The number of amides is 2. The van der Waals surface area contributed by atoms with E-state index >= 15 is 0 Å². The zero-order chi connectivity index (χ0) is 25.3. The summed E-state index contributed by atoms with van der Waals surface area (Å²) >= 11 is 0. The number of rotatable bonds is 8. The number of nitro benzene ring substituents is 1. The number of methoxy groups -OCH3 is 2. The maximum absolute atomic E-state index is 13.1. The van der Waals surface area contributed by atoms with Gasteiger partial charge in [-0.05, 0) is 61.4 Å². The number of benzene rings is 2. The van der Waals surface area contributed by atoms with E-state index < -0.39 is 4.92 Å². The van der Waals surface area contributed by atoms with E-state index in [0.29, 0.717) is 48.9 Å². The summed E-state index contributed by atoms with van der Waals surface area (Å²) in [5.41, 5.74) is 1.55. The molecule has 0 N–H and O–H groups in total. The highest BCUT2D eigenvalue weighted by Crippen LogP contribution is 2.43. The number of carbonyl (C=O) groups excluding carboxylic acids is 2. The number of anilines is 2. The summed E-state index contributed by atoms with van der Waals surface area (Å²) in [6.07, 6.45) is 2.91. The number of ether oxygens (including phenoxy) is 2. The molecule has 0 spiro atoms. The minimum Gasteiger partial charge on any atom is -0.493 e. The Morgan fingerprint density at radius 3 is 2.43 bits per heavy atom. The number of hydrogen-bond donors (Lipinski definition) is 0. The standard InChI is InChI=1S/C26H31N3O6/c1-16-5-8-19-20(13-16)26(31)28(25(19)30)18-7-9-21(22(15-18)29(32)33)27(2)12-11-17-6-10-23(34-3)24(14-17)35-4/h6-7,9-10,14-16,19-20H,5,8,11-13H2,1-4H3/t16-,19+,20-/m0/s1. The van der Waals surface area contributed by atoms with E-state index in [-0.39, 0.29) is 35.0 Å². The van der Waals surface area contributed by atoms with Crippen molar-refractivity contribution < 1.29 is 24.0 Å². The lowest BCUT2D eigenvalue weighted by Crippen LogP contribution is -2.31. The van der Waals surface area contributed by atoms with Crippen molar-refractivity contribution in [2.45, 2.75) is 32.6 Å². The number of nitro groups is 1. The van der Waals surface area contributed by atoms with Crippen molar-refractivity contribution in [1.29, 1.82) is 0 Å². The van der Waals surface area contributed by atoms with Crippen LogP contribution in [0.15, 0.2) is 36.4 Å². The molecule has 1 saturated carbocycles. The maximum atomic E-state index is 13.1. The topological polar surface area (TPSA) is 102 Å². The highest BCUT2D eigenvalue weighted by atomic mass is 16.6. The molecule has 1 heterocycles. The summed E-state index contributed by atoms with van der Waals surface area (Å²) in [4.78, 5) is 40.5. The van der Waals surface area contributed by atoms with Crippen LogP contribution in [0, 0.1) is 27.9 Å². The molecule has 9 nitrogen and oxygen atoms in total. The summed E-state index contributed by atoms with van der Waals surface area (Å²) in [6, 6.07) is 10.2. The fraction of sp³-hybridized carbons (Fsp3) is 0.462. The lowest BCUT2D eigenvalue weighted by Gasteiger charge is -2.25. The van der Waals surface area contributed by atoms with Gasteiger partial charge in [0, 0.05) is 19.7 Å². The van der Waals surface area contributed by atoms with Gasteiger partial charge >= 0.3 is 0 Å². The van der Waals surface area contributed by atoms with Crippen molar-refractivity contribution in [2.75, 3.05) is 37.6 Å². The Balaban J connectivity index is 1.54. The van der Waals surface area contributed by atoms with Crippen molar-refractivity contribution >= 4 is 28.9 Å². The minimum absolute atomic E-state index is 0.138. The van der Waals surface area contributed by atoms with Crippen LogP contribution in [0.5, 0.6) is 11.5 Å². The second-order valence-electron chi connectivity index (χ2n) is 9.43. The Kier molecular flexibility index (Phi) is 6.95. The van der Waals surface area contributed by atoms with E-state index in [9.17, 15) is 19.7 Å². The fourth-order valence-electron chi connectivity index (χ4n) is 5.22. The molecule has 1 saturated heterocycles. The molecule has 9 heteroatoms. The normalized spacial score (nSPS) is 21.6. The molecule has 186 valence electrons. The van der Waals surface area contributed by atoms with Crippen molar-refractivity contribution in [2.24, 2.45) is 17.8 Å². The van der Waals surface area contributed by atoms with Gasteiger partial charge in [-0.1, -0.05) is 13.0 Å². The second kappa shape index (κ2) is 9.93. The minimum atomic E-state index is -0.466. The van der Waals surface area contributed by atoms with Gasteiger partial charge in [0.15, 0.2) is 11.5 Å². The summed E-state index contributed by atoms with van der Waals surface area (Å²) in [5, 5.41) is 11.9. The first-order valence-electron chi connectivity index (χ1n) is 11.8. The van der Waals surface area contributed by atoms with Crippen molar-refractivity contribution in [1.82, 2.24) is 0 Å². The third-order valence-electron chi connectivity index (χ3n) is 7.20. The number of imide groups is 1. The zero-order valence-electron chi connectivity index (χ0n) is 20.5. The smallest absolute Gasteiger partial charge is 0.294 e. The third-order valence-corrected chi connectivity index (χ3v) is 7.20. The molecule has 3 atom stereocenters. The third kappa shape index (κ3) is 4.67. The van der Waals surface area contributed by atoms with Gasteiger partial charge in [0.05, 0.1) is 36.7 Å². The molecule has 2 aliphatic rings. The van der Waals surface area contributed by atoms with Gasteiger partial charge in [0.2, 0.25) is 11.8 Å². The zero-order valence-corrected chi connectivity index (χ0v) is 20.5. The second-order valence-corrected chi connectivity index (χ2v) is 9.43. The predicted octanol–water partition coefficient (Wildman–Crippen LogP) is 4.22. The van der Waals surface area contributed by atoms with E-state index in [0.717, 1.165) is 16.9 Å². The largest absolute Gasteiger partial charge is 0.493 e. The van der Waals surface area contributed by atoms with Crippen LogP contribution in [0.4, 0.5) is 17.1 Å². The molecule has 1 aliphatic carbocycles. The number of hydrogen-bond acceptors (Lipinski definition) is 7. The van der Waals surface area contributed by atoms with Gasteiger partial charge in [0.25, 0.3) is 5.69 Å². The molecule has 2 amide bonds. The average molecular weight is 482 g/mol. The molecular weight excluding hydrogens is 450 g/mol. The summed E-state index contributed by atoms with van der Waals surface area (Å²) < 4.78 is 10.6. The fourth-order valence-corrected chi connectivity index (χ4v) is 5.22. The Labute approximate surface area is 204 Å². The SMILES string of the molecule is COc1ccc(CCN(C)c2ccc(N3C(=O)[C@H]4C[C@@H](C)CC[C@H]4C3=O)cc2[N+](=O)[O-])cc1OC. The molecule has 2 aromatic carbocycles. The van der Waals surface area contributed by atoms with Gasteiger partial charge in [-0.3, -0.25) is 19.7 Å². The lowest BCUT2D eigenvalue weighted by atomic mass is 9.76. The Morgan fingerprint density at radius 2 is 1.74 bits per heavy atom. The van der Waals surface area contributed by atoms with Crippen LogP contribution >= 0.6 is 0 Å². The molecule has 2 aromatic rings. The monoisotopic (exact) mass is 481 g/mol. The van der Waals surface area contributed by atoms with Crippen LogP contribution in [0.1, 0.15) is 31.7 Å². The molecule has 0 radical (unpaired) electrons. The van der Waals surface area contributed by atoms with Crippen molar-refractivity contribution in [3.8, 4) is 11.5 Å². The Morgan fingerprint density at radius 1 is 1.03 bits per heavy atom. The van der Waals surface area contributed by atoms with Gasteiger partial charge in [-0.2, -0.15) is 0 Å². The summed E-state index contributed by atoms with van der Waals surface area (Å²) in [7, 11) is 4.93. The molecule has 35 heavy (non-hydrogen) atoms. The van der Waals surface area contributed by atoms with Crippen molar-refractivity contribution in [3.05, 3.63) is 52.1 Å². The van der Waals surface area contributed by atoms with Crippen LogP contribution < -0.4 is 19.3 Å². The van der Waals surface area contributed by atoms with E-state index in [1.807, 2.05) is 18.2 Å². The van der Waals surface area contributed by atoms with Gasteiger partial charge in [0.1, 0.15) is 5.69 Å². The van der Waals surface area contributed by atoms with E-state index in [1.165, 1.54) is 6.07 Å². The van der Waals surface area contributed by atoms with Crippen molar-refractivity contribution in [3.63, 3.8) is 0 Å². The van der Waals surface area contributed by atoms with E-state index in [1.54, 1.807) is 38.3 Å². The van der Waals surface area contributed by atoms with E-state index in [2.05, 4.69) is 6.92 Å².